The minimum absolute atomic E-state index is 0.165. The molecule has 10 heteroatoms. The molecule has 1 amide bonds. The van der Waals surface area contributed by atoms with E-state index >= 15 is 0 Å². The molecule has 1 aromatic heterocycles. The first-order valence-corrected chi connectivity index (χ1v) is 13.3. The van der Waals surface area contributed by atoms with Crippen molar-refractivity contribution in [1.29, 1.82) is 0 Å². The summed E-state index contributed by atoms with van der Waals surface area (Å²) in [6, 6.07) is 14.4. The average molecular weight is 500 g/mol. The molecule has 0 saturated carbocycles. The Kier molecular flexibility index (Phi) is 7.14. The Balaban J connectivity index is 1.52. The molecule has 3 aromatic rings. The number of aromatic nitrogens is 3. The van der Waals surface area contributed by atoms with Gasteiger partial charge in [-0.05, 0) is 68.5 Å². The molecular weight excluding hydrogens is 466 g/mol. The van der Waals surface area contributed by atoms with Crippen molar-refractivity contribution in [3.05, 3.63) is 54.1 Å². The first kappa shape index (κ1) is 25.1. The zero-order valence-electron chi connectivity index (χ0n) is 20.7. The fraction of sp³-hybridized carbons (Fsp3) is 0.480. The molecule has 2 aromatic carbocycles. The van der Waals surface area contributed by atoms with Gasteiger partial charge in [-0.2, -0.15) is 4.31 Å². The summed E-state index contributed by atoms with van der Waals surface area (Å²) in [4.78, 5) is 21.9. The SMILES string of the molecule is C[C@H]1CCCN(S(=O)(=O)c2ccc3nnn(OCC(=O)N(Cc4ccccc4)C(C)(C)C)c3c2)C1. The van der Waals surface area contributed by atoms with Crippen molar-refractivity contribution in [1.82, 2.24) is 24.4 Å². The van der Waals surface area contributed by atoms with Crippen LogP contribution in [0, 0.1) is 5.92 Å². The molecule has 1 atom stereocenters. The van der Waals surface area contributed by atoms with E-state index in [2.05, 4.69) is 17.2 Å². The van der Waals surface area contributed by atoms with Gasteiger partial charge in [0.25, 0.3) is 5.91 Å². The van der Waals surface area contributed by atoms with Crippen LogP contribution < -0.4 is 4.84 Å². The number of carbonyl (C=O) groups excluding carboxylic acids is 1. The molecule has 9 nitrogen and oxygen atoms in total. The minimum Gasteiger partial charge on any atom is -0.385 e. The van der Waals surface area contributed by atoms with Crippen LogP contribution in [0.15, 0.2) is 53.4 Å². The van der Waals surface area contributed by atoms with Crippen molar-refractivity contribution in [3.8, 4) is 0 Å². The van der Waals surface area contributed by atoms with E-state index < -0.39 is 15.6 Å². The van der Waals surface area contributed by atoms with Gasteiger partial charge in [0, 0.05) is 25.2 Å². The number of hydrogen-bond donors (Lipinski definition) is 0. The molecule has 2 heterocycles. The number of rotatable bonds is 7. The number of sulfonamides is 1. The van der Waals surface area contributed by atoms with Crippen LogP contribution in [-0.2, 0) is 21.4 Å². The fourth-order valence-electron chi connectivity index (χ4n) is 4.31. The summed E-state index contributed by atoms with van der Waals surface area (Å²) in [5.41, 5.74) is 1.48. The molecule has 4 rings (SSSR count). The van der Waals surface area contributed by atoms with Crippen molar-refractivity contribution in [2.24, 2.45) is 5.92 Å². The molecule has 0 N–H and O–H groups in total. The van der Waals surface area contributed by atoms with Crippen LogP contribution in [0.2, 0.25) is 0 Å². The predicted molar refractivity (Wildman–Crippen MR) is 133 cm³/mol. The van der Waals surface area contributed by atoms with E-state index in [4.69, 9.17) is 4.84 Å². The average Bonchev–Trinajstić information content (AvgIpc) is 3.23. The molecule has 188 valence electrons. The van der Waals surface area contributed by atoms with Gasteiger partial charge in [0.2, 0.25) is 10.0 Å². The van der Waals surface area contributed by atoms with Crippen LogP contribution >= 0.6 is 0 Å². The number of hydrogen-bond acceptors (Lipinski definition) is 6. The van der Waals surface area contributed by atoms with Gasteiger partial charge in [-0.15, -0.1) is 5.10 Å². The summed E-state index contributed by atoms with van der Waals surface area (Å²) in [5.74, 6) is 0.113. The molecule has 1 aliphatic heterocycles. The highest BCUT2D eigenvalue weighted by Gasteiger charge is 2.30. The third-order valence-electron chi connectivity index (χ3n) is 6.25. The monoisotopic (exact) mass is 499 g/mol. The lowest BCUT2D eigenvalue weighted by atomic mass is 10.0. The van der Waals surface area contributed by atoms with Gasteiger partial charge in [-0.3, -0.25) is 4.79 Å². The predicted octanol–water partition coefficient (Wildman–Crippen LogP) is 3.11. The van der Waals surface area contributed by atoms with Crippen LogP contribution in [0.25, 0.3) is 11.0 Å². The smallest absolute Gasteiger partial charge is 0.264 e. The summed E-state index contributed by atoms with van der Waals surface area (Å²) in [6.45, 7) is 9.17. The highest BCUT2D eigenvalue weighted by molar-refractivity contribution is 7.89. The second-order valence-electron chi connectivity index (χ2n) is 10.1. The number of fused-ring (bicyclic) bond motifs is 1. The summed E-state index contributed by atoms with van der Waals surface area (Å²) in [7, 11) is -3.65. The lowest BCUT2D eigenvalue weighted by Crippen LogP contribution is -2.47. The Morgan fingerprint density at radius 1 is 1.17 bits per heavy atom. The van der Waals surface area contributed by atoms with E-state index in [0.717, 1.165) is 23.3 Å². The Labute approximate surface area is 206 Å². The van der Waals surface area contributed by atoms with E-state index in [-0.39, 0.29) is 17.4 Å². The maximum atomic E-state index is 13.2. The molecular formula is C25H33N5O4S. The normalized spacial score (nSPS) is 17.4. The highest BCUT2D eigenvalue weighted by Crippen LogP contribution is 2.25. The lowest BCUT2D eigenvalue weighted by molar-refractivity contribution is -0.142. The zero-order chi connectivity index (χ0) is 25.2. The third kappa shape index (κ3) is 5.65. The van der Waals surface area contributed by atoms with E-state index in [1.54, 1.807) is 17.0 Å². The van der Waals surface area contributed by atoms with Crippen LogP contribution in [-0.4, -0.2) is 63.9 Å². The molecule has 0 radical (unpaired) electrons. The Morgan fingerprint density at radius 2 is 1.91 bits per heavy atom. The summed E-state index contributed by atoms with van der Waals surface area (Å²) < 4.78 is 28.0. The van der Waals surface area contributed by atoms with Gasteiger partial charge in [0.1, 0.15) is 11.0 Å². The molecule has 0 unspecified atom stereocenters. The number of piperidine rings is 1. The van der Waals surface area contributed by atoms with Crippen molar-refractivity contribution in [2.45, 2.75) is 57.5 Å². The summed E-state index contributed by atoms with van der Waals surface area (Å²) in [6.07, 6.45) is 1.88. The van der Waals surface area contributed by atoms with Crippen molar-refractivity contribution in [2.75, 3.05) is 19.7 Å². The third-order valence-corrected chi connectivity index (χ3v) is 8.11. The van der Waals surface area contributed by atoms with Gasteiger partial charge < -0.3 is 9.74 Å². The van der Waals surface area contributed by atoms with E-state index in [9.17, 15) is 13.2 Å². The van der Waals surface area contributed by atoms with Crippen LogP contribution in [0.4, 0.5) is 0 Å². The molecule has 0 bridgehead atoms. The Bertz CT molecular complexity index is 1280. The number of nitrogens with zero attached hydrogens (tertiary/aromatic N) is 5. The Morgan fingerprint density at radius 3 is 2.60 bits per heavy atom. The molecule has 1 saturated heterocycles. The maximum absolute atomic E-state index is 13.2. The topological polar surface area (TPSA) is 97.6 Å². The van der Waals surface area contributed by atoms with Crippen molar-refractivity contribution in [3.63, 3.8) is 0 Å². The highest BCUT2D eigenvalue weighted by atomic mass is 32.2. The largest absolute Gasteiger partial charge is 0.385 e. The molecule has 35 heavy (non-hydrogen) atoms. The van der Waals surface area contributed by atoms with Crippen LogP contribution in [0.5, 0.6) is 0 Å². The van der Waals surface area contributed by atoms with Gasteiger partial charge >= 0.3 is 0 Å². The van der Waals surface area contributed by atoms with Crippen molar-refractivity contribution < 1.29 is 18.0 Å². The minimum atomic E-state index is -3.65. The van der Waals surface area contributed by atoms with Gasteiger partial charge in [0.15, 0.2) is 6.61 Å². The van der Waals surface area contributed by atoms with Gasteiger partial charge in [-0.25, -0.2) is 8.42 Å². The quantitative estimate of drug-likeness (QED) is 0.496. The first-order valence-electron chi connectivity index (χ1n) is 11.9. The maximum Gasteiger partial charge on any atom is 0.264 e. The molecule has 1 aliphatic rings. The second-order valence-corrected chi connectivity index (χ2v) is 12.1. The molecule has 1 fully saturated rings. The summed E-state index contributed by atoms with van der Waals surface area (Å²) in [5, 5.41) is 8.05. The second kappa shape index (κ2) is 9.94. The lowest BCUT2D eigenvalue weighted by Gasteiger charge is -2.35. The Hall–Kier alpha value is -2.98. The zero-order valence-corrected chi connectivity index (χ0v) is 21.5. The number of amides is 1. The first-order chi connectivity index (χ1) is 16.6. The molecule has 0 aliphatic carbocycles. The van der Waals surface area contributed by atoms with Gasteiger partial charge in [-0.1, -0.05) is 42.1 Å². The van der Waals surface area contributed by atoms with Gasteiger partial charge in [0.05, 0.1) is 4.90 Å². The van der Waals surface area contributed by atoms with Crippen LogP contribution in [0.3, 0.4) is 0 Å². The van der Waals surface area contributed by atoms with E-state index in [1.807, 2.05) is 51.1 Å². The molecule has 0 spiro atoms. The number of carbonyl (C=O) groups is 1. The van der Waals surface area contributed by atoms with Crippen molar-refractivity contribution >= 4 is 27.0 Å². The number of benzene rings is 2. The fourth-order valence-corrected chi connectivity index (χ4v) is 5.93. The summed E-state index contributed by atoms with van der Waals surface area (Å²) >= 11 is 0. The standard InChI is InChI=1S/C25H33N5O4S/c1-19-9-8-14-28(16-19)35(32,33)21-12-13-22-23(15-21)30(27-26-22)34-18-24(31)29(25(2,3)4)17-20-10-6-5-7-11-20/h5-7,10-13,15,19H,8-9,14,16-18H2,1-4H3/t19-/m0/s1. The van der Waals surface area contributed by atoms with E-state index in [0.29, 0.717) is 36.6 Å². The van der Waals surface area contributed by atoms with E-state index in [1.165, 1.54) is 10.4 Å². The van der Waals surface area contributed by atoms with Crippen LogP contribution in [0.1, 0.15) is 46.1 Å².